The van der Waals surface area contributed by atoms with Crippen molar-refractivity contribution in [2.45, 2.75) is 102 Å². The molecule has 6 heteroatoms. The van der Waals surface area contributed by atoms with E-state index in [4.69, 9.17) is 5.11 Å². The van der Waals surface area contributed by atoms with Crippen LogP contribution in [-0.2, 0) is 4.79 Å². The maximum Gasteiger partial charge on any atom is 0.192 e. The zero-order valence-corrected chi connectivity index (χ0v) is 14.9. The summed E-state index contributed by atoms with van der Waals surface area (Å²) in [7, 11) is 0. The van der Waals surface area contributed by atoms with Gasteiger partial charge in [0.15, 0.2) is 5.78 Å². The second kappa shape index (κ2) is 14.8. The van der Waals surface area contributed by atoms with E-state index in [1.165, 1.54) is 38.5 Å². The lowest BCUT2D eigenvalue weighted by atomic mass is 9.97. The van der Waals surface area contributed by atoms with Gasteiger partial charge in [-0.1, -0.05) is 71.1 Å². The van der Waals surface area contributed by atoms with Crippen molar-refractivity contribution in [2.75, 3.05) is 6.61 Å². The first-order chi connectivity index (χ1) is 11.5. The van der Waals surface area contributed by atoms with Crippen LogP contribution in [0.4, 0.5) is 0 Å². The van der Waals surface area contributed by atoms with E-state index >= 15 is 0 Å². The van der Waals surface area contributed by atoms with Gasteiger partial charge in [0, 0.05) is 0 Å². The summed E-state index contributed by atoms with van der Waals surface area (Å²) in [5.74, 6) is -0.911. The number of Topliss-reactive ketones (excluding diaryl/α,β-unsaturated/α-hetero) is 1. The lowest BCUT2D eigenvalue weighted by Crippen LogP contribution is -2.47. The van der Waals surface area contributed by atoms with Crippen LogP contribution in [0.3, 0.4) is 0 Å². The maximum absolute atomic E-state index is 11.7. The summed E-state index contributed by atoms with van der Waals surface area (Å²) in [5.41, 5.74) is 0. The molecule has 144 valence electrons. The Hall–Kier alpha value is -0.530. The zero-order chi connectivity index (χ0) is 18.4. The monoisotopic (exact) mass is 348 g/mol. The highest BCUT2D eigenvalue weighted by molar-refractivity contribution is 5.87. The molecule has 0 bridgehead atoms. The minimum absolute atomic E-state index is 0.230. The minimum Gasteiger partial charge on any atom is -0.394 e. The molecule has 0 aliphatic heterocycles. The van der Waals surface area contributed by atoms with E-state index < -0.39 is 36.8 Å². The molecule has 0 aliphatic carbocycles. The second-order valence-corrected chi connectivity index (χ2v) is 6.57. The van der Waals surface area contributed by atoms with Crippen LogP contribution in [0.15, 0.2) is 0 Å². The van der Waals surface area contributed by atoms with E-state index in [1.54, 1.807) is 0 Å². The largest absolute Gasteiger partial charge is 0.394 e. The van der Waals surface area contributed by atoms with Gasteiger partial charge in [0.25, 0.3) is 0 Å². The standard InChI is InChI=1S/C18H36O6/c1-2-3-4-5-6-7-8-9-10-11-12-14(20)16(22)18(24)17(23)15(21)13-19/h14-15,17-21,23-24H,2-13H2,1H3/t14?,15-,17-,18-/m1/s1. The Morgan fingerprint density at radius 2 is 1.25 bits per heavy atom. The number of carbonyl (C=O) groups is 1. The molecule has 0 radical (unpaired) electrons. The smallest absolute Gasteiger partial charge is 0.192 e. The van der Waals surface area contributed by atoms with E-state index in [9.17, 15) is 25.2 Å². The molecule has 0 saturated heterocycles. The van der Waals surface area contributed by atoms with Gasteiger partial charge in [0.05, 0.1) is 6.61 Å². The van der Waals surface area contributed by atoms with Crippen LogP contribution in [0.1, 0.15) is 77.6 Å². The molecule has 0 saturated carbocycles. The van der Waals surface area contributed by atoms with Crippen LogP contribution in [0.2, 0.25) is 0 Å². The van der Waals surface area contributed by atoms with E-state index in [0.717, 1.165) is 19.3 Å². The molecule has 0 spiro atoms. The Morgan fingerprint density at radius 3 is 1.71 bits per heavy atom. The average Bonchev–Trinajstić information content (AvgIpc) is 2.60. The van der Waals surface area contributed by atoms with Gasteiger partial charge in [-0.15, -0.1) is 0 Å². The van der Waals surface area contributed by atoms with Crippen LogP contribution in [0.5, 0.6) is 0 Å². The molecular formula is C18H36O6. The molecule has 5 N–H and O–H groups in total. The highest BCUT2D eigenvalue weighted by atomic mass is 16.4. The number of aliphatic hydroxyl groups excluding tert-OH is 5. The normalized spacial score (nSPS) is 16.6. The highest BCUT2D eigenvalue weighted by Crippen LogP contribution is 2.13. The van der Waals surface area contributed by atoms with E-state index in [-0.39, 0.29) is 6.42 Å². The number of hydrogen-bond donors (Lipinski definition) is 5. The van der Waals surface area contributed by atoms with Gasteiger partial charge >= 0.3 is 0 Å². The number of hydrogen-bond acceptors (Lipinski definition) is 6. The third-order valence-corrected chi connectivity index (χ3v) is 4.36. The lowest BCUT2D eigenvalue weighted by molar-refractivity contribution is -0.148. The topological polar surface area (TPSA) is 118 Å². The van der Waals surface area contributed by atoms with Crippen LogP contribution in [0, 0.1) is 0 Å². The number of rotatable bonds is 16. The van der Waals surface area contributed by atoms with Crippen molar-refractivity contribution in [3.8, 4) is 0 Å². The molecule has 1 unspecified atom stereocenters. The van der Waals surface area contributed by atoms with Crippen molar-refractivity contribution >= 4 is 5.78 Å². The Balaban J connectivity index is 3.71. The average molecular weight is 348 g/mol. The summed E-state index contributed by atoms with van der Waals surface area (Å²) >= 11 is 0. The summed E-state index contributed by atoms with van der Waals surface area (Å²) in [6.07, 6.45) is 5.05. The highest BCUT2D eigenvalue weighted by Gasteiger charge is 2.33. The number of unbranched alkanes of at least 4 members (excludes halogenated alkanes) is 9. The van der Waals surface area contributed by atoms with Crippen molar-refractivity contribution in [3.05, 3.63) is 0 Å². The second-order valence-electron chi connectivity index (χ2n) is 6.57. The molecule has 0 heterocycles. The maximum atomic E-state index is 11.7. The number of carbonyl (C=O) groups excluding carboxylic acids is 1. The third-order valence-electron chi connectivity index (χ3n) is 4.36. The molecule has 0 aromatic carbocycles. The number of ketones is 1. The summed E-state index contributed by atoms with van der Waals surface area (Å²) in [5, 5.41) is 46.7. The molecule has 0 aliphatic rings. The zero-order valence-electron chi connectivity index (χ0n) is 14.9. The van der Waals surface area contributed by atoms with E-state index in [0.29, 0.717) is 6.42 Å². The summed E-state index contributed by atoms with van der Waals surface area (Å²) in [4.78, 5) is 11.7. The van der Waals surface area contributed by atoms with Gasteiger partial charge < -0.3 is 25.5 Å². The van der Waals surface area contributed by atoms with Crippen LogP contribution in [-0.4, -0.2) is 62.3 Å². The fraction of sp³-hybridized carbons (Fsp3) is 0.944. The van der Waals surface area contributed by atoms with Gasteiger partial charge in [-0.25, -0.2) is 0 Å². The lowest BCUT2D eigenvalue weighted by Gasteiger charge is -2.22. The molecular weight excluding hydrogens is 312 g/mol. The third kappa shape index (κ3) is 10.4. The summed E-state index contributed by atoms with van der Waals surface area (Å²) < 4.78 is 0. The Kier molecular flexibility index (Phi) is 14.5. The fourth-order valence-corrected chi connectivity index (χ4v) is 2.65. The summed E-state index contributed by atoms with van der Waals surface area (Å²) in [6.45, 7) is 1.44. The van der Waals surface area contributed by atoms with E-state index in [1.807, 2.05) is 0 Å². The van der Waals surface area contributed by atoms with Crippen LogP contribution >= 0.6 is 0 Å². The van der Waals surface area contributed by atoms with Gasteiger partial charge in [-0.3, -0.25) is 4.79 Å². The molecule has 0 aromatic rings. The van der Waals surface area contributed by atoms with Crippen molar-refractivity contribution in [3.63, 3.8) is 0 Å². The van der Waals surface area contributed by atoms with Gasteiger partial charge in [-0.2, -0.15) is 0 Å². The van der Waals surface area contributed by atoms with Gasteiger partial charge in [0.2, 0.25) is 0 Å². The van der Waals surface area contributed by atoms with Crippen molar-refractivity contribution < 1.29 is 30.3 Å². The van der Waals surface area contributed by atoms with Gasteiger partial charge in [-0.05, 0) is 6.42 Å². The first-order valence-electron chi connectivity index (χ1n) is 9.32. The SMILES string of the molecule is CCCCCCCCCCCCC(O)C(=O)[C@@H](O)[C@H](O)[C@H](O)CO. The predicted octanol–water partition coefficient (Wildman–Crippen LogP) is 1.30. The Morgan fingerprint density at radius 1 is 0.792 bits per heavy atom. The van der Waals surface area contributed by atoms with Crippen molar-refractivity contribution in [1.82, 2.24) is 0 Å². The molecule has 24 heavy (non-hydrogen) atoms. The molecule has 4 atom stereocenters. The Bertz CT molecular complexity index is 310. The van der Waals surface area contributed by atoms with Gasteiger partial charge in [0.1, 0.15) is 24.4 Å². The molecule has 0 fully saturated rings. The molecule has 0 rings (SSSR count). The van der Waals surface area contributed by atoms with Crippen molar-refractivity contribution in [2.24, 2.45) is 0 Å². The molecule has 0 aromatic heterocycles. The van der Waals surface area contributed by atoms with Crippen LogP contribution in [0.25, 0.3) is 0 Å². The van der Waals surface area contributed by atoms with Crippen molar-refractivity contribution in [1.29, 1.82) is 0 Å². The Labute approximate surface area is 145 Å². The molecule has 0 amide bonds. The quantitative estimate of drug-likeness (QED) is 0.268. The van der Waals surface area contributed by atoms with E-state index in [2.05, 4.69) is 6.92 Å². The minimum atomic E-state index is -1.88. The first kappa shape index (κ1) is 23.5. The fourth-order valence-electron chi connectivity index (χ4n) is 2.65. The summed E-state index contributed by atoms with van der Waals surface area (Å²) in [6, 6.07) is 0. The number of aliphatic hydroxyl groups is 5. The van der Waals surface area contributed by atoms with Crippen LogP contribution < -0.4 is 0 Å². The molecule has 6 nitrogen and oxygen atoms in total. The predicted molar refractivity (Wildman–Crippen MR) is 92.6 cm³/mol. The first-order valence-corrected chi connectivity index (χ1v) is 9.32.